The van der Waals surface area contributed by atoms with Crippen molar-refractivity contribution in [3.05, 3.63) is 76.3 Å². The van der Waals surface area contributed by atoms with E-state index in [4.69, 9.17) is 5.73 Å². The number of thioether (sulfide) groups is 1. The van der Waals surface area contributed by atoms with Crippen LogP contribution in [0.15, 0.2) is 59.6 Å². The molecule has 4 rings (SSSR count). The number of rotatable bonds is 5. The summed E-state index contributed by atoms with van der Waals surface area (Å²) >= 11 is 0.929. The summed E-state index contributed by atoms with van der Waals surface area (Å²) < 4.78 is 1.75. The van der Waals surface area contributed by atoms with Crippen molar-refractivity contribution in [1.29, 1.82) is 0 Å². The molecule has 1 aliphatic heterocycles. The summed E-state index contributed by atoms with van der Waals surface area (Å²) in [5, 5.41) is 0.600. The van der Waals surface area contributed by atoms with Gasteiger partial charge in [0.15, 0.2) is 0 Å². The Hall–Kier alpha value is -3.32. The van der Waals surface area contributed by atoms with Crippen LogP contribution < -0.4 is 5.73 Å². The molecule has 1 saturated heterocycles. The largest absolute Gasteiger partial charge is 0.368 e. The number of aryl methyl sites for hydroxylation is 1. The molecule has 3 amide bonds. The number of aromatic nitrogens is 1. The van der Waals surface area contributed by atoms with Gasteiger partial charge >= 0.3 is 0 Å². The van der Waals surface area contributed by atoms with Crippen LogP contribution in [0.3, 0.4) is 0 Å². The number of nitrogens with two attached hydrogens (primary N) is 1. The Balaban J connectivity index is 1.66. The highest BCUT2D eigenvalue weighted by Crippen LogP contribution is 2.35. The molecular formula is C22H19N3O3S. The van der Waals surface area contributed by atoms with Crippen molar-refractivity contribution in [1.82, 2.24) is 9.47 Å². The number of carbonyl (C=O) groups is 3. The number of amides is 3. The minimum Gasteiger partial charge on any atom is -0.368 e. The average molecular weight is 405 g/mol. The van der Waals surface area contributed by atoms with E-state index in [0.29, 0.717) is 4.91 Å². The normalized spacial score (nSPS) is 15.6. The number of fused-ring (bicyclic) bond motifs is 1. The average Bonchev–Trinajstić information content (AvgIpc) is 3.14. The number of hydrogen-bond acceptors (Lipinski definition) is 4. The first-order valence-electron chi connectivity index (χ1n) is 9.09. The maximum Gasteiger partial charge on any atom is 0.293 e. The van der Waals surface area contributed by atoms with Crippen LogP contribution in [0.5, 0.6) is 0 Å². The van der Waals surface area contributed by atoms with Crippen LogP contribution in [0.2, 0.25) is 0 Å². The zero-order valence-corrected chi connectivity index (χ0v) is 16.6. The van der Waals surface area contributed by atoms with Crippen molar-refractivity contribution in [2.75, 3.05) is 0 Å². The smallest absolute Gasteiger partial charge is 0.293 e. The molecule has 6 nitrogen and oxygen atoms in total. The van der Waals surface area contributed by atoms with Gasteiger partial charge in [-0.1, -0.05) is 48.0 Å². The molecule has 0 bridgehead atoms. The van der Waals surface area contributed by atoms with Crippen molar-refractivity contribution < 1.29 is 14.4 Å². The Morgan fingerprint density at radius 1 is 1.14 bits per heavy atom. The molecule has 2 aromatic carbocycles. The van der Waals surface area contributed by atoms with Gasteiger partial charge in [-0.25, -0.2) is 0 Å². The van der Waals surface area contributed by atoms with E-state index in [2.05, 4.69) is 0 Å². The molecule has 1 fully saturated rings. The first-order chi connectivity index (χ1) is 13.9. The van der Waals surface area contributed by atoms with Gasteiger partial charge < -0.3 is 10.3 Å². The van der Waals surface area contributed by atoms with E-state index in [-0.39, 0.29) is 24.2 Å². The van der Waals surface area contributed by atoms with Crippen LogP contribution in [0.1, 0.15) is 16.7 Å². The zero-order chi connectivity index (χ0) is 20.5. The van der Waals surface area contributed by atoms with Gasteiger partial charge in [0.25, 0.3) is 11.1 Å². The van der Waals surface area contributed by atoms with Crippen LogP contribution in [-0.4, -0.2) is 26.5 Å². The molecule has 29 heavy (non-hydrogen) atoms. The molecule has 0 saturated carbocycles. The Morgan fingerprint density at radius 2 is 1.93 bits per heavy atom. The van der Waals surface area contributed by atoms with Crippen molar-refractivity contribution >= 4 is 45.8 Å². The van der Waals surface area contributed by atoms with E-state index >= 15 is 0 Å². The number of carbonyl (C=O) groups excluding carboxylic acids is 3. The van der Waals surface area contributed by atoms with Crippen LogP contribution in [-0.2, 0) is 22.7 Å². The predicted molar refractivity (Wildman–Crippen MR) is 114 cm³/mol. The lowest BCUT2D eigenvalue weighted by Gasteiger charge is -2.12. The van der Waals surface area contributed by atoms with Crippen LogP contribution in [0.25, 0.3) is 17.0 Å². The third-order valence-corrected chi connectivity index (χ3v) is 5.64. The molecule has 0 unspecified atom stereocenters. The minimum atomic E-state index is -0.448. The second kappa shape index (κ2) is 7.60. The summed E-state index contributed by atoms with van der Waals surface area (Å²) in [6.07, 6.45) is 3.49. The fourth-order valence-corrected chi connectivity index (χ4v) is 4.29. The van der Waals surface area contributed by atoms with E-state index in [0.717, 1.165) is 39.4 Å². The highest BCUT2D eigenvalue weighted by atomic mass is 32.2. The number of hydrogen-bond donors (Lipinski definition) is 1. The Bertz CT molecular complexity index is 1180. The molecule has 7 heteroatoms. The summed E-state index contributed by atoms with van der Waals surface area (Å²) in [5.41, 5.74) is 8.94. The SMILES string of the molecule is Cc1cccc(CN2C(=O)SC(=Cc3cn(CC(N)=O)c4ccccc34)C2=O)c1. The highest BCUT2D eigenvalue weighted by molar-refractivity contribution is 8.18. The van der Waals surface area contributed by atoms with Crippen molar-refractivity contribution in [2.45, 2.75) is 20.0 Å². The van der Waals surface area contributed by atoms with Crippen molar-refractivity contribution in [2.24, 2.45) is 5.73 Å². The molecule has 146 valence electrons. The van der Waals surface area contributed by atoms with Crippen LogP contribution in [0.4, 0.5) is 4.79 Å². The molecule has 0 atom stereocenters. The van der Waals surface area contributed by atoms with Crippen molar-refractivity contribution in [3.8, 4) is 0 Å². The summed E-state index contributed by atoms with van der Waals surface area (Å²) in [7, 11) is 0. The second-order valence-corrected chi connectivity index (χ2v) is 7.95. The van der Waals surface area contributed by atoms with Gasteiger partial charge in [-0.3, -0.25) is 19.3 Å². The Kier molecular flexibility index (Phi) is 4.98. The van der Waals surface area contributed by atoms with E-state index in [9.17, 15) is 14.4 Å². The molecule has 1 aliphatic rings. The maximum absolute atomic E-state index is 12.9. The van der Waals surface area contributed by atoms with Crippen LogP contribution in [0, 0.1) is 6.92 Å². The summed E-state index contributed by atoms with van der Waals surface area (Å²) in [6, 6.07) is 15.3. The van der Waals surface area contributed by atoms with Gasteiger partial charge in [0.05, 0.1) is 11.4 Å². The molecule has 1 aromatic heterocycles. The van der Waals surface area contributed by atoms with Crippen molar-refractivity contribution in [3.63, 3.8) is 0 Å². The fourth-order valence-electron chi connectivity index (χ4n) is 3.46. The Morgan fingerprint density at radius 3 is 2.69 bits per heavy atom. The standard InChI is InChI=1S/C22H19N3O3S/c1-14-5-4-6-15(9-14)11-25-21(27)19(29-22(25)28)10-16-12-24(13-20(23)26)18-8-3-2-7-17(16)18/h2-10,12H,11,13H2,1H3,(H2,23,26). The molecule has 2 heterocycles. The second-order valence-electron chi connectivity index (χ2n) is 6.95. The molecule has 3 aromatic rings. The first kappa shape index (κ1) is 19.0. The van der Waals surface area contributed by atoms with E-state index in [1.54, 1.807) is 16.8 Å². The lowest BCUT2D eigenvalue weighted by Crippen LogP contribution is -2.27. The summed E-state index contributed by atoms with van der Waals surface area (Å²) in [4.78, 5) is 38.3. The number of benzene rings is 2. The maximum atomic E-state index is 12.9. The molecular weight excluding hydrogens is 386 g/mol. The molecule has 0 aliphatic carbocycles. The monoisotopic (exact) mass is 405 g/mol. The zero-order valence-electron chi connectivity index (χ0n) is 15.8. The Labute approximate surface area is 172 Å². The lowest BCUT2D eigenvalue weighted by molar-refractivity contribution is -0.123. The third-order valence-electron chi connectivity index (χ3n) is 4.73. The van der Waals surface area contributed by atoms with Gasteiger partial charge in [-0.2, -0.15) is 0 Å². The fraction of sp³-hybridized carbons (Fsp3) is 0.136. The quantitative estimate of drug-likeness (QED) is 0.656. The van der Waals surface area contributed by atoms with E-state index in [1.165, 1.54) is 4.90 Å². The molecule has 2 N–H and O–H groups in total. The number of primary amides is 1. The number of imide groups is 1. The molecule has 0 spiro atoms. The third kappa shape index (κ3) is 3.82. The number of para-hydroxylation sites is 1. The van der Waals surface area contributed by atoms with E-state index in [1.807, 2.05) is 55.5 Å². The summed E-state index contributed by atoms with van der Waals surface area (Å²) in [6.45, 7) is 2.26. The highest BCUT2D eigenvalue weighted by Gasteiger charge is 2.35. The lowest BCUT2D eigenvalue weighted by atomic mass is 10.1. The van der Waals surface area contributed by atoms with Gasteiger partial charge in [0, 0.05) is 22.7 Å². The van der Waals surface area contributed by atoms with Gasteiger partial charge in [-0.15, -0.1) is 0 Å². The minimum absolute atomic E-state index is 0.0448. The van der Waals surface area contributed by atoms with Gasteiger partial charge in [0.1, 0.15) is 6.54 Å². The topological polar surface area (TPSA) is 85.4 Å². The first-order valence-corrected chi connectivity index (χ1v) is 9.91. The van der Waals surface area contributed by atoms with Gasteiger partial charge in [-0.05, 0) is 36.4 Å². The molecule has 0 radical (unpaired) electrons. The summed E-state index contributed by atoms with van der Waals surface area (Å²) in [5.74, 6) is -0.760. The van der Waals surface area contributed by atoms with Crippen LogP contribution >= 0.6 is 11.8 Å². The van der Waals surface area contributed by atoms with E-state index < -0.39 is 5.91 Å². The predicted octanol–water partition coefficient (Wildman–Crippen LogP) is 3.67. The number of nitrogens with zero attached hydrogens (tertiary/aromatic N) is 2. The van der Waals surface area contributed by atoms with Gasteiger partial charge in [0.2, 0.25) is 5.91 Å².